The molecular formula is C17H30FN7O2. The maximum absolute atomic E-state index is 13.5. The second kappa shape index (κ2) is 7.98. The third-order valence-corrected chi connectivity index (χ3v) is 6.27. The van der Waals surface area contributed by atoms with Crippen molar-refractivity contribution in [2.24, 2.45) is 23.5 Å². The molecule has 0 spiro atoms. The smallest absolute Gasteiger partial charge is 0.229 e. The minimum Gasteiger partial charge on any atom is -0.378 e. The predicted molar refractivity (Wildman–Crippen MR) is 97.1 cm³/mol. The highest BCUT2D eigenvalue weighted by atomic mass is 19.1. The first-order chi connectivity index (χ1) is 13.0. The Labute approximate surface area is 158 Å². The van der Waals surface area contributed by atoms with Gasteiger partial charge in [-0.05, 0) is 38.3 Å². The summed E-state index contributed by atoms with van der Waals surface area (Å²) < 4.78 is 13.5. The van der Waals surface area contributed by atoms with Crippen LogP contribution in [0.2, 0.25) is 0 Å². The summed E-state index contributed by atoms with van der Waals surface area (Å²) in [5, 5.41) is 24.6. The van der Waals surface area contributed by atoms with Crippen LogP contribution in [0.5, 0.6) is 0 Å². The maximum Gasteiger partial charge on any atom is 0.229 e. The summed E-state index contributed by atoms with van der Waals surface area (Å²) in [4.78, 5) is 13.1. The molecule has 0 aromatic rings. The first-order valence-electron chi connectivity index (χ1n) is 9.87. The number of hydrazine groups is 1. The molecular weight excluding hydrogens is 353 g/mol. The zero-order valence-electron chi connectivity index (χ0n) is 15.3. The monoisotopic (exact) mass is 383 g/mol. The van der Waals surface area contributed by atoms with Gasteiger partial charge in [0.05, 0.1) is 18.9 Å². The Hall–Kier alpha value is -1.30. The zero-order valence-corrected chi connectivity index (χ0v) is 15.3. The molecule has 152 valence electrons. The Morgan fingerprint density at radius 2 is 2.15 bits per heavy atom. The van der Waals surface area contributed by atoms with Crippen molar-refractivity contribution in [1.82, 2.24) is 31.7 Å². The van der Waals surface area contributed by atoms with E-state index in [1.54, 1.807) is 5.01 Å². The molecule has 0 radical (unpaired) electrons. The number of amides is 1. The van der Waals surface area contributed by atoms with Crippen LogP contribution in [0, 0.1) is 17.8 Å². The molecule has 0 bridgehead atoms. The summed E-state index contributed by atoms with van der Waals surface area (Å²) in [6.45, 7) is 2.47. The molecule has 27 heavy (non-hydrogen) atoms. The van der Waals surface area contributed by atoms with E-state index in [0.29, 0.717) is 6.54 Å². The highest BCUT2D eigenvalue weighted by molar-refractivity contribution is 5.81. The molecule has 0 aromatic carbocycles. The van der Waals surface area contributed by atoms with Crippen molar-refractivity contribution >= 4 is 5.91 Å². The lowest BCUT2D eigenvalue weighted by Gasteiger charge is -2.42. The number of carbonyl (C=O) groups excluding carboxylic acids is 1. The number of carbonyl (C=O) groups is 1. The number of aliphatic hydroxyl groups excluding tert-OH is 1. The number of piperidine rings is 2. The Morgan fingerprint density at radius 1 is 1.30 bits per heavy atom. The molecule has 1 amide bonds. The van der Waals surface area contributed by atoms with E-state index in [4.69, 9.17) is 5.73 Å². The van der Waals surface area contributed by atoms with Crippen LogP contribution in [0.15, 0.2) is 12.0 Å². The molecule has 4 heterocycles. The fraction of sp³-hybridized carbons (Fsp3) is 0.824. The molecule has 3 saturated heterocycles. The van der Waals surface area contributed by atoms with Gasteiger partial charge in [0.15, 0.2) is 0 Å². The third-order valence-electron chi connectivity index (χ3n) is 6.27. The van der Waals surface area contributed by atoms with Crippen LogP contribution in [0.4, 0.5) is 4.39 Å². The van der Waals surface area contributed by atoms with Gasteiger partial charge in [-0.25, -0.2) is 9.82 Å². The third kappa shape index (κ3) is 3.82. The standard InChI is InChI=1S/C17H30FN7O2/c18-9-6-22-15-13(14(19)24-25(15)8-9)17(27)23-12-7-20-5-3-10(12)11-2-1-4-21-16(11)26/h8,10-16,20-22,24,26H,1-7,19H2,(H,23,27). The van der Waals surface area contributed by atoms with Crippen molar-refractivity contribution in [3.05, 3.63) is 12.0 Å². The van der Waals surface area contributed by atoms with Gasteiger partial charge >= 0.3 is 0 Å². The zero-order chi connectivity index (χ0) is 19.0. The van der Waals surface area contributed by atoms with Crippen molar-refractivity contribution in [3.63, 3.8) is 0 Å². The molecule has 3 fully saturated rings. The van der Waals surface area contributed by atoms with Crippen LogP contribution >= 0.6 is 0 Å². The molecule has 0 saturated carbocycles. The number of fused-ring (bicyclic) bond motifs is 1. The maximum atomic E-state index is 13.5. The highest BCUT2D eigenvalue weighted by Gasteiger charge is 2.46. The lowest BCUT2D eigenvalue weighted by molar-refractivity contribution is -0.128. The van der Waals surface area contributed by atoms with Gasteiger partial charge in [0, 0.05) is 18.5 Å². The number of hydrogen-bond donors (Lipinski definition) is 7. The van der Waals surface area contributed by atoms with Crippen molar-refractivity contribution in [1.29, 1.82) is 0 Å². The van der Waals surface area contributed by atoms with Gasteiger partial charge in [-0.1, -0.05) is 0 Å². The molecule has 7 unspecified atom stereocenters. The fourth-order valence-corrected chi connectivity index (χ4v) is 4.92. The number of halogens is 1. The van der Waals surface area contributed by atoms with E-state index in [9.17, 15) is 14.3 Å². The first kappa shape index (κ1) is 19.0. The molecule has 9 nitrogen and oxygen atoms in total. The Kier molecular flexibility index (Phi) is 5.62. The van der Waals surface area contributed by atoms with Crippen LogP contribution in [0.1, 0.15) is 19.3 Å². The molecule has 4 rings (SSSR count). The number of aliphatic hydroxyl groups is 1. The van der Waals surface area contributed by atoms with Crippen LogP contribution in [-0.4, -0.2) is 66.8 Å². The molecule has 8 N–H and O–H groups in total. The van der Waals surface area contributed by atoms with Gasteiger partial charge in [-0.3, -0.25) is 20.4 Å². The fourth-order valence-electron chi connectivity index (χ4n) is 4.92. The SMILES string of the molecule is NC1NN2C=C(F)CNC2C1C(=O)NC1CNCCC1C1CCCNC1O. The van der Waals surface area contributed by atoms with Crippen molar-refractivity contribution in [3.8, 4) is 0 Å². The van der Waals surface area contributed by atoms with Gasteiger partial charge in [0.25, 0.3) is 0 Å². The van der Waals surface area contributed by atoms with Gasteiger partial charge in [0.2, 0.25) is 5.91 Å². The Balaban J connectivity index is 1.44. The first-order valence-corrected chi connectivity index (χ1v) is 9.87. The number of nitrogens with two attached hydrogens (primary N) is 1. The lowest BCUT2D eigenvalue weighted by atomic mass is 9.76. The van der Waals surface area contributed by atoms with Crippen LogP contribution in [0.3, 0.4) is 0 Å². The summed E-state index contributed by atoms with van der Waals surface area (Å²) in [5.41, 5.74) is 9.06. The Morgan fingerprint density at radius 3 is 2.96 bits per heavy atom. The van der Waals surface area contributed by atoms with Crippen LogP contribution < -0.4 is 32.4 Å². The number of rotatable bonds is 3. The highest BCUT2D eigenvalue weighted by Crippen LogP contribution is 2.31. The van der Waals surface area contributed by atoms with Crippen molar-refractivity contribution in [2.75, 3.05) is 26.2 Å². The van der Waals surface area contributed by atoms with Crippen LogP contribution in [0.25, 0.3) is 0 Å². The molecule has 4 aliphatic rings. The van der Waals surface area contributed by atoms with Gasteiger partial charge in [0.1, 0.15) is 24.1 Å². The van der Waals surface area contributed by atoms with E-state index in [0.717, 1.165) is 32.4 Å². The van der Waals surface area contributed by atoms with Gasteiger partial charge in [-0.2, -0.15) is 0 Å². The molecule has 4 aliphatic heterocycles. The summed E-state index contributed by atoms with van der Waals surface area (Å²) in [5.74, 6) is -0.657. The topological polar surface area (TPSA) is 127 Å². The number of nitrogens with zero attached hydrogens (tertiary/aromatic N) is 1. The van der Waals surface area contributed by atoms with E-state index in [1.165, 1.54) is 6.20 Å². The molecule has 0 aromatic heterocycles. The lowest BCUT2D eigenvalue weighted by Crippen LogP contribution is -2.60. The molecule has 10 heteroatoms. The molecule has 7 atom stereocenters. The summed E-state index contributed by atoms with van der Waals surface area (Å²) in [7, 11) is 0. The average molecular weight is 383 g/mol. The van der Waals surface area contributed by atoms with Crippen molar-refractivity contribution in [2.45, 2.75) is 43.9 Å². The van der Waals surface area contributed by atoms with E-state index >= 15 is 0 Å². The Bertz CT molecular complexity index is 592. The quantitative estimate of drug-likeness (QED) is 0.294. The minimum atomic E-state index is -0.596. The normalized spacial score (nSPS) is 42.4. The number of hydrogen-bond acceptors (Lipinski definition) is 8. The van der Waals surface area contributed by atoms with E-state index in [1.807, 2.05) is 0 Å². The van der Waals surface area contributed by atoms with Gasteiger partial charge < -0.3 is 21.5 Å². The van der Waals surface area contributed by atoms with E-state index in [2.05, 4.69) is 26.7 Å². The van der Waals surface area contributed by atoms with E-state index in [-0.39, 0.29) is 42.3 Å². The van der Waals surface area contributed by atoms with E-state index < -0.39 is 18.3 Å². The number of nitrogens with one attached hydrogen (secondary N) is 5. The van der Waals surface area contributed by atoms with Gasteiger partial charge in [-0.15, -0.1) is 0 Å². The predicted octanol–water partition coefficient (Wildman–Crippen LogP) is -2.14. The summed E-state index contributed by atoms with van der Waals surface area (Å²) in [6, 6.07) is -0.0667. The largest absolute Gasteiger partial charge is 0.378 e. The average Bonchev–Trinajstić information content (AvgIpc) is 2.97. The second-order valence-electron chi connectivity index (χ2n) is 7.97. The van der Waals surface area contributed by atoms with Crippen molar-refractivity contribution < 1.29 is 14.3 Å². The summed E-state index contributed by atoms with van der Waals surface area (Å²) in [6.07, 6.45) is 2.74. The minimum absolute atomic E-state index is 0.0667. The molecule has 0 aliphatic carbocycles. The van der Waals surface area contributed by atoms with Crippen LogP contribution in [-0.2, 0) is 4.79 Å². The second-order valence-corrected chi connectivity index (χ2v) is 7.97. The summed E-state index contributed by atoms with van der Waals surface area (Å²) >= 11 is 0.